The first-order chi connectivity index (χ1) is 11.9. The fourth-order valence-corrected chi connectivity index (χ4v) is 2.56. The van der Waals surface area contributed by atoms with Gasteiger partial charge >= 0.3 is 0 Å². The topological polar surface area (TPSA) is 6.48 Å². The number of halogens is 2. The van der Waals surface area contributed by atoms with E-state index in [1.807, 2.05) is 12.1 Å². The summed E-state index contributed by atoms with van der Waals surface area (Å²) in [5.74, 6) is 0. The summed E-state index contributed by atoms with van der Waals surface area (Å²) < 4.78 is 0. The molecule has 0 radical (unpaired) electrons. The van der Waals surface area contributed by atoms with Gasteiger partial charge in [0.2, 0.25) is 0 Å². The van der Waals surface area contributed by atoms with E-state index in [0.29, 0.717) is 0 Å². The van der Waals surface area contributed by atoms with Crippen LogP contribution in [0.15, 0.2) is 110 Å². The molecule has 0 unspecified atom stereocenters. The molecule has 0 aromatic heterocycles. The quantitative estimate of drug-likeness (QED) is 0.624. The van der Waals surface area contributed by atoms with Crippen LogP contribution in [0.4, 0.5) is 11.4 Å². The number of para-hydroxylation sites is 2. The lowest BCUT2D eigenvalue weighted by Gasteiger charge is -2.20. The number of anilines is 2. The monoisotopic (exact) mass is 386 g/mol. The van der Waals surface area contributed by atoms with E-state index < -0.39 is 0 Å². The van der Waals surface area contributed by atoms with Crippen molar-refractivity contribution in [2.45, 2.75) is 0 Å². The summed E-state index contributed by atoms with van der Waals surface area (Å²) in [4.78, 5) is 4.42. The van der Waals surface area contributed by atoms with Gasteiger partial charge in [0.15, 0.2) is 0 Å². The Labute approximate surface area is 168 Å². The molecule has 2 aromatic rings. The van der Waals surface area contributed by atoms with Crippen LogP contribution in [-0.2, 0) is 0 Å². The molecule has 26 heavy (non-hydrogen) atoms. The first kappa shape index (κ1) is 21.6. The van der Waals surface area contributed by atoms with Crippen molar-refractivity contribution >= 4 is 36.2 Å². The van der Waals surface area contributed by atoms with E-state index >= 15 is 0 Å². The van der Waals surface area contributed by atoms with Gasteiger partial charge in [0.1, 0.15) is 0 Å². The lowest BCUT2D eigenvalue weighted by molar-refractivity contribution is 1.07. The van der Waals surface area contributed by atoms with Gasteiger partial charge in [0, 0.05) is 36.9 Å². The van der Waals surface area contributed by atoms with Gasteiger partial charge in [0.05, 0.1) is 0 Å². The molecule has 0 fully saturated rings. The second-order valence-corrected chi connectivity index (χ2v) is 5.52. The molecule has 2 aliphatic rings. The van der Waals surface area contributed by atoms with Crippen LogP contribution in [0.1, 0.15) is 0 Å². The van der Waals surface area contributed by atoms with E-state index in [-0.39, 0.29) is 24.8 Å². The van der Waals surface area contributed by atoms with Crippen molar-refractivity contribution < 1.29 is 0 Å². The smallest absolute Gasteiger partial charge is 0.0409 e. The fourth-order valence-electron chi connectivity index (χ4n) is 2.56. The summed E-state index contributed by atoms with van der Waals surface area (Å²) in [5, 5.41) is 0. The first-order valence-electron chi connectivity index (χ1n) is 8.23. The van der Waals surface area contributed by atoms with E-state index in [0.717, 1.165) is 13.1 Å². The molecule has 2 heterocycles. The summed E-state index contributed by atoms with van der Waals surface area (Å²) in [6, 6.07) is 20.8. The Balaban J connectivity index is 0.000000241. The van der Waals surface area contributed by atoms with Crippen LogP contribution in [0.5, 0.6) is 0 Å². The minimum absolute atomic E-state index is 0. The standard InChI is InChI=1S/2C11H11N.2ClH/c2*1-3-7-11(8-4-1)12-9-5-2-6-10-12;;/h2*1-9H,10H2;2*1H. The van der Waals surface area contributed by atoms with Crippen molar-refractivity contribution in [1.29, 1.82) is 0 Å². The molecule has 4 heteroatoms. The van der Waals surface area contributed by atoms with Crippen LogP contribution in [0, 0.1) is 0 Å². The number of benzene rings is 2. The van der Waals surface area contributed by atoms with Crippen LogP contribution in [0.25, 0.3) is 0 Å². The lowest BCUT2D eigenvalue weighted by Crippen LogP contribution is -2.16. The van der Waals surface area contributed by atoms with Gasteiger partial charge in [-0.3, -0.25) is 0 Å². The highest BCUT2D eigenvalue weighted by Crippen LogP contribution is 2.15. The lowest BCUT2D eigenvalue weighted by atomic mass is 10.2. The van der Waals surface area contributed by atoms with E-state index in [1.54, 1.807) is 0 Å². The summed E-state index contributed by atoms with van der Waals surface area (Å²) >= 11 is 0. The fraction of sp³-hybridized carbons (Fsp3) is 0.0909. The average Bonchev–Trinajstić information content (AvgIpc) is 2.71. The number of hydrogen-bond acceptors (Lipinski definition) is 2. The maximum absolute atomic E-state index is 2.21. The SMILES string of the molecule is C1=CCN(c2ccccc2)C=C1.C1=CCN(c2ccccc2)C=C1.Cl.Cl. The van der Waals surface area contributed by atoms with E-state index in [2.05, 4.69) is 107 Å². The molecule has 0 spiro atoms. The van der Waals surface area contributed by atoms with Crippen molar-refractivity contribution in [2.24, 2.45) is 0 Å². The van der Waals surface area contributed by atoms with Crippen molar-refractivity contribution in [3.63, 3.8) is 0 Å². The minimum Gasteiger partial charge on any atom is -0.344 e. The Kier molecular flexibility index (Phi) is 9.99. The van der Waals surface area contributed by atoms with Gasteiger partial charge < -0.3 is 9.80 Å². The Morgan fingerprint density at radius 2 is 0.885 bits per heavy atom. The van der Waals surface area contributed by atoms with E-state index in [1.165, 1.54) is 11.4 Å². The molecule has 0 atom stereocenters. The number of hydrogen-bond donors (Lipinski definition) is 0. The van der Waals surface area contributed by atoms with Gasteiger partial charge in [-0.25, -0.2) is 0 Å². The maximum atomic E-state index is 2.21. The minimum atomic E-state index is 0. The third-order valence-electron chi connectivity index (χ3n) is 3.81. The van der Waals surface area contributed by atoms with Crippen molar-refractivity contribution in [3.05, 3.63) is 110 Å². The molecule has 0 saturated heterocycles. The Morgan fingerprint density at radius 3 is 1.19 bits per heavy atom. The molecule has 0 bridgehead atoms. The molecular weight excluding hydrogens is 363 g/mol. The van der Waals surface area contributed by atoms with Gasteiger partial charge in [-0.05, 0) is 36.4 Å². The summed E-state index contributed by atoms with van der Waals surface area (Å²) in [6.45, 7) is 1.95. The van der Waals surface area contributed by atoms with Gasteiger partial charge in [-0.2, -0.15) is 0 Å². The highest BCUT2D eigenvalue weighted by Gasteiger charge is 2.01. The number of allylic oxidation sites excluding steroid dienone is 4. The largest absolute Gasteiger partial charge is 0.344 e. The maximum Gasteiger partial charge on any atom is 0.0409 e. The Hall–Kier alpha value is -2.42. The van der Waals surface area contributed by atoms with Crippen LogP contribution in [-0.4, -0.2) is 13.1 Å². The molecule has 2 aromatic carbocycles. The second-order valence-electron chi connectivity index (χ2n) is 5.52. The second kappa shape index (κ2) is 12.0. The molecular formula is C22H24Cl2N2. The summed E-state index contributed by atoms with van der Waals surface area (Å²) in [5.41, 5.74) is 2.50. The molecule has 0 amide bonds. The number of rotatable bonds is 2. The summed E-state index contributed by atoms with van der Waals surface area (Å²) in [7, 11) is 0. The predicted molar refractivity (Wildman–Crippen MR) is 119 cm³/mol. The Morgan fingerprint density at radius 1 is 0.500 bits per heavy atom. The first-order valence-corrected chi connectivity index (χ1v) is 8.23. The van der Waals surface area contributed by atoms with Gasteiger partial charge in [0.25, 0.3) is 0 Å². The zero-order valence-corrected chi connectivity index (χ0v) is 16.2. The molecule has 2 aliphatic heterocycles. The molecule has 0 saturated carbocycles. The van der Waals surface area contributed by atoms with Crippen LogP contribution in [0.3, 0.4) is 0 Å². The molecule has 4 rings (SSSR count). The van der Waals surface area contributed by atoms with Crippen molar-refractivity contribution in [2.75, 3.05) is 22.9 Å². The highest BCUT2D eigenvalue weighted by molar-refractivity contribution is 5.85. The van der Waals surface area contributed by atoms with Crippen LogP contribution >= 0.6 is 24.8 Å². The third kappa shape index (κ3) is 6.47. The van der Waals surface area contributed by atoms with E-state index in [9.17, 15) is 0 Å². The van der Waals surface area contributed by atoms with Gasteiger partial charge in [-0.15, -0.1) is 24.8 Å². The zero-order valence-electron chi connectivity index (χ0n) is 14.5. The highest BCUT2D eigenvalue weighted by atomic mass is 35.5. The van der Waals surface area contributed by atoms with Crippen LogP contribution in [0.2, 0.25) is 0 Å². The molecule has 0 N–H and O–H groups in total. The van der Waals surface area contributed by atoms with Gasteiger partial charge in [-0.1, -0.05) is 60.7 Å². The zero-order chi connectivity index (χ0) is 16.5. The molecule has 2 nitrogen and oxygen atoms in total. The number of nitrogens with zero attached hydrogens (tertiary/aromatic N) is 2. The predicted octanol–water partition coefficient (Wildman–Crippen LogP) is 6.00. The van der Waals surface area contributed by atoms with Crippen molar-refractivity contribution in [1.82, 2.24) is 0 Å². The average molecular weight is 387 g/mol. The molecule has 136 valence electrons. The van der Waals surface area contributed by atoms with Crippen LogP contribution < -0.4 is 9.80 Å². The molecule has 0 aliphatic carbocycles. The van der Waals surface area contributed by atoms with Crippen molar-refractivity contribution in [3.8, 4) is 0 Å². The Bertz CT molecular complexity index is 672. The normalized spacial score (nSPS) is 14.0. The van der Waals surface area contributed by atoms with E-state index in [4.69, 9.17) is 0 Å². The summed E-state index contributed by atoms with van der Waals surface area (Å²) in [6.07, 6.45) is 16.7. The third-order valence-corrected chi connectivity index (χ3v) is 3.81.